The van der Waals surface area contributed by atoms with E-state index in [1.165, 1.54) is 11.1 Å². The van der Waals surface area contributed by atoms with Gasteiger partial charge in [-0.3, -0.25) is 4.98 Å². The lowest BCUT2D eigenvalue weighted by atomic mass is 9.83. The summed E-state index contributed by atoms with van der Waals surface area (Å²) in [5.41, 5.74) is 8.88. The van der Waals surface area contributed by atoms with Crippen LogP contribution in [0.2, 0.25) is 0 Å². The monoisotopic (exact) mass is 569 g/mol. The number of nitrogens with one attached hydrogen (secondary N) is 1. The molecular weight excluding hydrogens is 534 g/mol. The van der Waals surface area contributed by atoms with Crippen molar-refractivity contribution < 1.29 is 14.7 Å². The van der Waals surface area contributed by atoms with Crippen molar-refractivity contribution in [1.29, 1.82) is 0 Å². The Morgan fingerprint density at radius 1 is 0.837 bits per heavy atom. The van der Waals surface area contributed by atoms with E-state index in [1.807, 2.05) is 80.6 Å². The second kappa shape index (κ2) is 13.6. The van der Waals surface area contributed by atoms with Crippen LogP contribution < -0.4 is 10.1 Å². The summed E-state index contributed by atoms with van der Waals surface area (Å²) in [4.78, 5) is 16.7. The van der Waals surface area contributed by atoms with Gasteiger partial charge in [-0.2, -0.15) is 0 Å². The molecule has 1 amide bonds. The summed E-state index contributed by atoms with van der Waals surface area (Å²) in [7, 11) is 0. The topological polar surface area (TPSA) is 83.8 Å². The molecule has 0 aliphatic rings. The van der Waals surface area contributed by atoms with Crippen molar-refractivity contribution in [2.24, 2.45) is 5.16 Å². The first-order valence-electron chi connectivity index (χ1n) is 14.3. The minimum Gasteiger partial charge on any atom is -0.411 e. The number of rotatable bonds is 9. The number of ether oxygens (including phenoxy) is 1. The first-order chi connectivity index (χ1) is 20.9. The second-order valence-electron chi connectivity index (χ2n) is 10.7. The Morgan fingerprint density at radius 3 is 2.14 bits per heavy atom. The van der Waals surface area contributed by atoms with Crippen molar-refractivity contribution in [2.45, 2.75) is 39.2 Å². The number of hydrogen-bond acceptors (Lipinski definition) is 5. The normalized spacial score (nSPS) is 12.8. The van der Waals surface area contributed by atoms with E-state index in [-0.39, 0.29) is 12.0 Å². The highest BCUT2D eigenvalue weighted by Gasteiger charge is 2.21. The quantitative estimate of drug-likeness (QED) is 0.106. The van der Waals surface area contributed by atoms with Crippen LogP contribution >= 0.6 is 0 Å². The predicted molar refractivity (Wildman–Crippen MR) is 171 cm³/mol. The van der Waals surface area contributed by atoms with Crippen molar-refractivity contribution in [3.05, 3.63) is 155 Å². The average molecular weight is 570 g/mol. The van der Waals surface area contributed by atoms with Crippen LogP contribution in [-0.2, 0) is 0 Å². The molecule has 0 saturated heterocycles. The number of pyridine rings is 1. The van der Waals surface area contributed by atoms with Crippen LogP contribution in [0.15, 0.2) is 127 Å². The molecule has 4 aromatic carbocycles. The molecule has 2 N–H and O–H groups in total. The molecule has 0 radical (unpaired) electrons. The molecule has 0 aliphatic heterocycles. The maximum atomic E-state index is 12.4. The van der Waals surface area contributed by atoms with Crippen molar-refractivity contribution in [3.63, 3.8) is 0 Å². The molecule has 43 heavy (non-hydrogen) atoms. The van der Waals surface area contributed by atoms with E-state index in [4.69, 9.17) is 4.74 Å². The zero-order valence-corrected chi connectivity index (χ0v) is 24.6. The lowest BCUT2D eigenvalue weighted by Crippen LogP contribution is -2.29. The predicted octanol–water partition coefficient (Wildman–Crippen LogP) is 8.62. The Morgan fingerprint density at radius 2 is 1.49 bits per heavy atom. The number of carbonyl (C=O) groups excluding carboxylic acids is 1. The van der Waals surface area contributed by atoms with Gasteiger partial charge in [0.1, 0.15) is 5.75 Å². The van der Waals surface area contributed by atoms with E-state index in [1.54, 1.807) is 18.3 Å². The van der Waals surface area contributed by atoms with Gasteiger partial charge in [-0.05, 0) is 78.4 Å². The maximum absolute atomic E-state index is 12.4. The van der Waals surface area contributed by atoms with Crippen LogP contribution in [-0.4, -0.2) is 22.0 Å². The van der Waals surface area contributed by atoms with Crippen LogP contribution in [0.1, 0.15) is 58.8 Å². The molecule has 0 fully saturated rings. The fourth-order valence-electron chi connectivity index (χ4n) is 5.28. The second-order valence-corrected chi connectivity index (χ2v) is 10.7. The van der Waals surface area contributed by atoms with Gasteiger partial charge in [0.2, 0.25) is 0 Å². The van der Waals surface area contributed by atoms with Gasteiger partial charge in [0.25, 0.3) is 0 Å². The molecule has 0 saturated carbocycles. The molecule has 2 atom stereocenters. The summed E-state index contributed by atoms with van der Waals surface area (Å²) in [5, 5.41) is 16.5. The van der Waals surface area contributed by atoms with Crippen LogP contribution in [0.3, 0.4) is 0 Å². The van der Waals surface area contributed by atoms with E-state index in [0.717, 1.165) is 33.5 Å². The van der Waals surface area contributed by atoms with Crippen LogP contribution in [0.5, 0.6) is 5.75 Å². The minimum atomic E-state index is -0.497. The minimum absolute atomic E-state index is 0.0119. The van der Waals surface area contributed by atoms with Gasteiger partial charge in [0, 0.05) is 29.8 Å². The van der Waals surface area contributed by atoms with Crippen LogP contribution in [0, 0.1) is 13.8 Å². The fraction of sp³-hybridized carbons (Fsp3) is 0.162. The first kappa shape index (κ1) is 29.3. The van der Waals surface area contributed by atoms with Crippen LogP contribution in [0.25, 0.3) is 11.1 Å². The molecule has 0 bridgehead atoms. The van der Waals surface area contributed by atoms with E-state index in [2.05, 4.69) is 58.8 Å². The number of aromatic nitrogens is 1. The van der Waals surface area contributed by atoms with Gasteiger partial charge in [-0.1, -0.05) is 96.2 Å². The smallest absolute Gasteiger partial charge is 0.411 e. The van der Waals surface area contributed by atoms with Gasteiger partial charge >= 0.3 is 6.09 Å². The Labute approximate surface area is 252 Å². The Balaban J connectivity index is 1.32. The van der Waals surface area contributed by atoms with Gasteiger partial charge in [0.15, 0.2) is 0 Å². The largest absolute Gasteiger partial charge is 0.413 e. The number of hydrogen-bond donors (Lipinski definition) is 2. The molecule has 5 rings (SSSR count). The highest BCUT2D eigenvalue weighted by molar-refractivity contribution is 6.01. The summed E-state index contributed by atoms with van der Waals surface area (Å²) in [6.07, 6.45) is 1.77. The zero-order chi connectivity index (χ0) is 30.2. The Hall–Kier alpha value is -5.23. The third-order valence-corrected chi connectivity index (χ3v) is 7.66. The van der Waals surface area contributed by atoms with Gasteiger partial charge < -0.3 is 15.3 Å². The lowest BCUT2D eigenvalue weighted by Gasteiger charge is -2.21. The number of nitrogens with zero attached hydrogens (tertiary/aromatic N) is 2. The number of carbonyl (C=O) groups is 1. The third kappa shape index (κ3) is 7.35. The standard InChI is InChI=1S/C37H35N3O3/c1-25-9-7-8-12-34(25)35(24-36(40-42)32-21-22-38-26(2)23-32)31-15-13-29(14-16-31)30-17-19-33(20-18-30)43-37(41)39-27(3)28-10-5-4-6-11-28/h4-23,27,35,42H,24H2,1-3H3,(H,39,41)/t27-,35+/m1/s1. The number of amides is 1. The third-order valence-electron chi connectivity index (χ3n) is 7.66. The van der Waals surface area contributed by atoms with E-state index in [0.29, 0.717) is 17.9 Å². The van der Waals surface area contributed by atoms with Crippen molar-refractivity contribution in [2.75, 3.05) is 0 Å². The van der Waals surface area contributed by atoms with E-state index < -0.39 is 6.09 Å². The number of oxime groups is 1. The summed E-state index contributed by atoms with van der Waals surface area (Å²) in [6, 6.07) is 37.7. The molecular formula is C37H35N3O3. The highest BCUT2D eigenvalue weighted by Crippen LogP contribution is 2.33. The highest BCUT2D eigenvalue weighted by atomic mass is 16.6. The van der Waals surface area contributed by atoms with Crippen LogP contribution in [0.4, 0.5) is 4.79 Å². The van der Waals surface area contributed by atoms with Gasteiger partial charge in [0.05, 0.1) is 11.8 Å². The molecule has 1 aromatic heterocycles. The molecule has 6 heteroatoms. The van der Waals surface area contributed by atoms with Gasteiger partial charge in [-0.15, -0.1) is 0 Å². The zero-order valence-electron chi connectivity index (χ0n) is 24.6. The molecule has 1 heterocycles. The van der Waals surface area contributed by atoms with E-state index >= 15 is 0 Å². The number of benzene rings is 4. The summed E-state index contributed by atoms with van der Waals surface area (Å²) in [6.45, 7) is 5.95. The maximum Gasteiger partial charge on any atom is 0.413 e. The molecule has 0 aliphatic carbocycles. The van der Waals surface area contributed by atoms with Crippen molar-refractivity contribution >= 4 is 11.8 Å². The molecule has 6 nitrogen and oxygen atoms in total. The fourth-order valence-corrected chi connectivity index (χ4v) is 5.28. The van der Waals surface area contributed by atoms with Crippen molar-refractivity contribution in [3.8, 4) is 16.9 Å². The molecule has 0 unspecified atom stereocenters. The number of aryl methyl sites for hydroxylation is 2. The van der Waals surface area contributed by atoms with E-state index in [9.17, 15) is 10.0 Å². The summed E-state index contributed by atoms with van der Waals surface area (Å²) >= 11 is 0. The molecule has 5 aromatic rings. The van der Waals surface area contributed by atoms with Crippen molar-refractivity contribution in [1.82, 2.24) is 10.3 Å². The summed E-state index contributed by atoms with van der Waals surface area (Å²) < 4.78 is 5.51. The molecule has 0 spiro atoms. The Bertz CT molecular complexity index is 1700. The molecule has 216 valence electrons. The SMILES string of the molecule is Cc1cc(C(C[C@@H](c2ccc(-c3ccc(OC(=O)N[C@H](C)c4ccccc4)cc3)cc2)c2ccccc2C)=NO)ccn1. The summed E-state index contributed by atoms with van der Waals surface area (Å²) in [5.74, 6) is 0.460. The lowest BCUT2D eigenvalue weighted by molar-refractivity contribution is 0.197. The average Bonchev–Trinajstić information content (AvgIpc) is 3.03. The Kier molecular flexibility index (Phi) is 9.27. The first-order valence-corrected chi connectivity index (χ1v) is 14.3. The van der Waals surface area contributed by atoms with Gasteiger partial charge in [-0.25, -0.2) is 4.79 Å².